The van der Waals surface area contributed by atoms with Gasteiger partial charge in [0.1, 0.15) is 18.3 Å². The Bertz CT molecular complexity index is 1260. The molecule has 2 aliphatic rings. The first kappa shape index (κ1) is 32.7. The minimum atomic E-state index is -1.84. The highest BCUT2D eigenvalue weighted by Crippen LogP contribution is 2.50. The number of nitrogens with one attached hydrogen (secondary N) is 1. The molecule has 0 aromatic heterocycles. The third kappa shape index (κ3) is 6.79. The summed E-state index contributed by atoms with van der Waals surface area (Å²) in [7, 11) is 6.19. The third-order valence-corrected chi connectivity index (χ3v) is 8.06. The number of aliphatic hydroxyl groups excluding tert-OH is 1. The van der Waals surface area contributed by atoms with Crippen molar-refractivity contribution in [2.45, 2.75) is 70.6 Å². The van der Waals surface area contributed by atoms with Gasteiger partial charge in [-0.25, -0.2) is 0 Å². The third-order valence-electron chi connectivity index (χ3n) is 8.06. The number of carboxylic acids is 2. The number of aliphatic carboxylic acids is 2. The molecule has 1 aromatic carbocycles. The number of ether oxygens (including phenoxy) is 4. The molecular weight excluding hydrogens is 546 g/mol. The van der Waals surface area contributed by atoms with Crippen molar-refractivity contribution in [1.29, 1.82) is 0 Å². The van der Waals surface area contributed by atoms with Crippen LogP contribution >= 0.6 is 0 Å². The molecule has 0 heterocycles. The van der Waals surface area contributed by atoms with Gasteiger partial charge in [0.2, 0.25) is 5.75 Å². The van der Waals surface area contributed by atoms with Crippen LogP contribution in [0.25, 0.3) is 5.57 Å². The highest BCUT2D eigenvalue weighted by molar-refractivity contribution is 5.97. The smallest absolute Gasteiger partial charge is 0.320 e. The van der Waals surface area contributed by atoms with Crippen LogP contribution in [0.3, 0.4) is 0 Å². The average Bonchev–Trinajstić information content (AvgIpc) is 3.25. The quantitative estimate of drug-likeness (QED) is 0.102. The van der Waals surface area contributed by atoms with Crippen LogP contribution in [0.15, 0.2) is 35.1 Å². The number of fused-ring (bicyclic) bond motifs is 3. The number of aliphatic hydroxyl groups is 1. The second-order valence-corrected chi connectivity index (χ2v) is 10.6. The van der Waals surface area contributed by atoms with Crippen molar-refractivity contribution >= 4 is 23.8 Å². The Labute approximate surface area is 245 Å². The molecule has 2 atom stereocenters. The average molecular weight is 588 g/mol. The van der Waals surface area contributed by atoms with E-state index < -0.39 is 29.6 Å². The molecule has 2 unspecified atom stereocenters. The van der Waals surface area contributed by atoms with Gasteiger partial charge < -0.3 is 34.3 Å². The predicted molar refractivity (Wildman–Crippen MR) is 155 cm³/mol. The highest BCUT2D eigenvalue weighted by Gasteiger charge is 2.41. The molecule has 0 radical (unpaired) electrons. The first-order valence-electron chi connectivity index (χ1n) is 13.9. The van der Waals surface area contributed by atoms with Crippen LogP contribution in [0.4, 0.5) is 0 Å². The van der Waals surface area contributed by atoms with Crippen LogP contribution in [-0.4, -0.2) is 74.3 Å². The number of carbonyl (C=O) groups excluding carboxylic acids is 1. The van der Waals surface area contributed by atoms with E-state index in [1.807, 2.05) is 18.2 Å². The van der Waals surface area contributed by atoms with Gasteiger partial charge in [0.05, 0.1) is 28.4 Å². The largest absolute Gasteiger partial charge is 0.501 e. The first-order chi connectivity index (χ1) is 20.1. The van der Waals surface area contributed by atoms with E-state index in [2.05, 4.69) is 5.32 Å². The van der Waals surface area contributed by atoms with Gasteiger partial charge in [-0.3, -0.25) is 19.7 Å². The Morgan fingerprint density at radius 1 is 1.02 bits per heavy atom. The van der Waals surface area contributed by atoms with E-state index >= 15 is 0 Å². The second kappa shape index (κ2) is 14.4. The summed E-state index contributed by atoms with van der Waals surface area (Å²) in [4.78, 5) is 35.3. The van der Waals surface area contributed by atoms with Gasteiger partial charge in [0.25, 0.3) is 0 Å². The molecule has 0 fully saturated rings. The molecule has 42 heavy (non-hydrogen) atoms. The Kier molecular flexibility index (Phi) is 11.2. The zero-order chi connectivity index (χ0) is 31.0. The van der Waals surface area contributed by atoms with Crippen molar-refractivity contribution < 1.29 is 48.7 Å². The first-order valence-corrected chi connectivity index (χ1v) is 13.9. The molecular formula is C31H41NO10. The number of hydrogen-bond acceptors (Lipinski definition) is 9. The van der Waals surface area contributed by atoms with E-state index in [0.717, 1.165) is 28.6 Å². The minimum Gasteiger partial charge on any atom is -0.501 e. The number of hydrogen-bond donors (Lipinski definition) is 4. The van der Waals surface area contributed by atoms with Gasteiger partial charge in [0, 0.05) is 23.6 Å². The molecule has 0 bridgehead atoms. The maximum atomic E-state index is 12.5. The number of aryl methyl sites for hydroxylation is 1. The number of benzene rings is 1. The Hall–Kier alpha value is -3.83. The monoisotopic (exact) mass is 587 g/mol. The SMILES string of the molecule is COC1=CC=C2C(=C(C=O)C1)C(NC(O)CCCCCC(C)(C(=O)O)C(=O)O)CCc1cc(OC)c(OC)c(OC)c12. The van der Waals surface area contributed by atoms with E-state index in [0.29, 0.717) is 67.1 Å². The summed E-state index contributed by atoms with van der Waals surface area (Å²) < 4.78 is 22.6. The topological polar surface area (TPSA) is 161 Å². The summed E-state index contributed by atoms with van der Waals surface area (Å²) >= 11 is 0. The number of allylic oxidation sites excluding steroid dienone is 3. The van der Waals surface area contributed by atoms with Crippen LogP contribution in [0.5, 0.6) is 17.2 Å². The fourth-order valence-electron chi connectivity index (χ4n) is 5.58. The highest BCUT2D eigenvalue weighted by atomic mass is 16.5. The van der Waals surface area contributed by atoms with Gasteiger partial charge in [-0.05, 0) is 67.9 Å². The van der Waals surface area contributed by atoms with Crippen LogP contribution in [0, 0.1) is 5.41 Å². The lowest BCUT2D eigenvalue weighted by Gasteiger charge is -2.27. The molecule has 0 aliphatic heterocycles. The van der Waals surface area contributed by atoms with Crippen LogP contribution in [0.2, 0.25) is 0 Å². The van der Waals surface area contributed by atoms with Crippen molar-refractivity contribution in [3.8, 4) is 17.2 Å². The van der Waals surface area contributed by atoms with Crippen molar-refractivity contribution in [3.63, 3.8) is 0 Å². The zero-order valence-electron chi connectivity index (χ0n) is 24.8. The lowest BCUT2D eigenvalue weighted by molar-refractivity contribution is -0.163. The Morgan fingerprint density at radius 3 is 2.29 bits per heavy atom. The van der Waals surface area contributed by atoms with Gasteiger partial charge >= 0.3 is 11.9 Å². The summed E-state index contributed by atoms with van der Waals surface area (Å²) in [6, 6.07) is 1.51. The van der Waals surface area contributed by atoms with Crippen LogP contribution in [0.1, 0.15) is 63.0 Å². The number of aldehydes is 1. The molecule has 0 amide bonds. The zero-order valence-corrected chi connectivity index (χ0v) is 24.8. The van der Waals surface area contributed by atoms with Crippen molar-refractivity contribution in [2.24, 2.45) is 5.41 Å². The normalized spacial score (nSPS) is 17.4. The van der Waals surface area contributed by atoms with Crippen LogP contribution in [-0.2, 0) is 25.5 Å². The molecule has 11 nitrogen and oxygen atoms in total. The lowest BCUT2D eigenvalue weighted by atomic mass is 9.85. The lowest BCUT2D eigenvalue weighted by Crippen LogP contribution is -2.40. The number of methoxy groups -OCH3 is 4. The van der Waals surface area contributed by atoms with E-state index in [4.69, 9.17) is 18.9 Å². The Morgan fingerprint density at radius 2 is 1.71 bits per heavy atom. The molecule has 0 saturated heterocycles. The number of carboxylic acid groups (broad SMARTS) is 2. The second-order valence-electron chi connectivity index (χ2n) is 10.6. The molecule has 0 spiro atoms. The van der Waals surface area contributed by atoms with Gasteiger partial charge in [0.15, 0.2) is 16.9 Å². The standard InChI is InChI=1S/C31H41NO10/c1-31(29(35)36,30(37)38)14-8-6-7-9-24(34)32-22-13-10-18-16-23(40-3)27(41-4)28(42-5)26(18)21-12-11-20(39-2)15-19(17-33)25(21)22/h11-12,16-17,22,24,32,34H,6-10,13-15H2,1-5H3,(H,35,36)(H,37,38). The van der Waals surface area contributed by atoms with Crippen molar-refractivity contribution in [2.75, 3.05) is 28.4 Å². The van der Waals surface area contributed by atoms with Gasteiger partial charge in [-0.15, -0.1) is 0 Å². The van der Waals surface area contributed by atoms with E-state index in [-0.39, 0.29) is 12.8 Å². The number of rotatable bonds is 15. The molecule has 230 valence electrons. The molecule has 11 heteroatoms. The maximum Gasteiger partial charge on any atom is 0.320 e. The Balaban J connectivity index is 1.89. The predicted octanol–water partition coefficient (Wildman–Crippen LogP) is 3.87. The summed E-state index contributed by atoms with van der Waals surface area (Å²) in [5.41, 5.74) is 1.87. The molecule has 2 aliphatic carbocycles. The minimum absolute atomic E-state index is 0.00456. The summed E-state index contributed by atoms with van der Waals surface area (Å²) in [5, 5.41) is 32.9. The fraction of sp³-hybridized carbons (Fsp3) is 0.516. The van der Waals surface area contributed by atoms with Crippen LogP contribution < -0.4 is 19.5 Å². The fourth-order valence-corrected chi connectivity index (χ4v) is 5.58. The molecule has 3 rings (SSSR count). The molecule has 4 N–H and O–H groups in total. The van der Waals surface area contributed by atoms with Crippen molar-refractivity contribution in [1.82, 2.24) is 5.32 Å². The van der Waals surface area contributed by atoms with E-state index in [1.165, 1.54) is 14.0 Å². The summed E-state index contributed by atoms with van der Waals surface area (Å²) in [6.07, 6.45) is 6.90. The van der Waals surface area contributed by atoms with E-state index in [1.54, 1.807) is 21.3 Å². The number of carbonyl (C=O) groups is 3. The molecule has 0 saturated carbocycles. The summed E-state index contributed by atoms with van der Waals surface area (Å²) in [5.74, 6) is -0.692. The van der Waals surface area contributed by atoms with E-state index in [9.17, 15) is 29.7 Å². The number of unbranched alkanes of at least 4 members (excludes halogenated alkanes) is 2. The van der Waals surface area contributed by atoms with Gasteiger partial charge in [-0.2, -0.15) is 0 Å². The van der Waals surface area contributed by atoms with Crippen molar-refractivity contribution in [3.05, 3.63) is 46.3 Å². The molecule has 1 aromatic rings. The van der Waals surface area contributed by atoms with Gasteiger partial charge in [-0.1, -0.05) is 18.9 Å². The summed E-state index contributed by atoms with van der Waals surface area (Å²) in [6.45, 7) is 1.21. The maximum absolute atomic E-state index is 12.5.